The summed E-state index contributed by atoms with van der Waals surface area (Å²) in [5.41, 5.74) is 1.45. The van der Waals surface area contributed by atoms with Crippen LogP contribution in [0.15, 0.2) is 24.3 Å². The van der Waals surface area contributed by atoms with Gasteiger partial charge < -0.3 is 10.0 Å². The molecule has 1 rings (SSSR count). The summed E-state index contributed by atoms with van der Waals surface area (Å²) in [6, 6.07) is 7.18. The van der Waals surface area contributed by atoms with Crippen molar-refractivity contribution in [2.75, 3.05) is 25.4 Å². The Morgan fingerprint density at radius 3 is 2.67 bits per heavy atom. The number of rotatable bonds is 8. The Morgan fingerprint density at radius 1 is 1.33 bits per heavy atom. The number of nitrogens with zero attached hydrogens (tertiary/aromatic N) is 1. The van der Waals surface area contributed by atoms with Crippen molar-refractivity contribution in [3.05, 3.63) is 35.4 Å². The third kappa shape index (κ3) is 5.10. The summed E-state index contributed by atoms with van der Waals surface area (Å²) >= 11 is 1.85. The molecular formula is C14H21NO2S. The molecule has 18 heavy (non-hydrogen) atoms. The number of benzene rings is 1. The van der Waals surface area contributed by atoms with Crippen molar-refractivity contribution in [2.24, 2.45) is 0 Å². The second-order valence-corrected chi connectivity index (χ2v) is 5.19. The highest BCUT2D eigenvalue weighted by molar-refractivity contribution is 7.98. The Hall–Kier alpha value is -1.00. The molecular weight excluding hydrogens is 246 g/mol. The Labute approximate surface area is 113 Å². The molecule has 0 fully saturated rings. The summed E-state index contributed by atoms with van der Waals surface area (Å²) in [5, 5.41) is 8.90. The van der Waals surface area contributed by atoms with Crippen LogP contribution in [0.3, 0.4) is 0 Å². The molecule has 1 N–H and O–H groups in total. The van der Waals surface area contributed by atoms with Crippen LogP contribution in [0.2, 0.25) is 0 Å². The largest absolute Gasteiger partial charge is 0.478 e. The number of thioether (sulfide) groups is 1. The number of aromatic carboxylic acids is 1. The van der Waals surface area contributed by atoms with Crippen molar-refractivity contribution in [2.45, 2.75) is 19.6 Å². The van der Waals surface area contributed by atoms with Crippen molar-refractivity contribution in [3.63, 3.8) is 0 Å². The van der Waals surface area contributed by atoms with Gasteiger partial charge in [-0.05, 0) is 30.8 Å². The van der Waals surface area contributed by atoms with Crippen LogP contribution in [0, 0.1) is 0 Å². The number of carboxylic acids is 1. The van der Waals surface area contributed by atoms with E-state index in [1.165, 1.54) is 0 Å². The molecule has 0 aliphatic rings. The molecule has 0 unspecified atom stereocenters. The maximum Gasteiger partial charge on any atom is 0.335 e. The molecule has 0 aromatic heterocycles. The Balaban J connectivity index is 2.35. The first-order chi connectivity index (χ1) is 8.67. The molecule has 0 heterocycles. The van der Waals surface area contributed by atoms with E-state index in [1.807, 2.05) is 23.9 Å². The monoisotopic (exact) mass is 267 g/mol. The van der Waals surface area contributed by atoms with E-state index in [0.717, 1.165) is 36.7 Å². The van der Waals surface area contributed by atoms with Crippen LogP contribution in [-0.2, 0) is 5.75 Å². The lowest BCUT2D eigenvalue weighted by Gasteiger charge is -2.17. The summed E-state index contributed by atoms with van der Waals surface area (Å²) in [7, 11) is 0. The van der Waals surface area contributed by atoms with E-state index < -0.39 is 5.97 Å². The minimum atomic E-state index is -0.856. The van der Waals surface area contributed by atoms with Gasteiger partial charge in [0.15, 0.2) is 0 Å². The molecule has 0 aliphatic carbocycles. The van der Waals surface area contributed by atoms with Crippen LogP contribution in [0.1, 0.15) is 29.8 Å². The van der Waals surface area contributed by atoms with Crippen molar-refractivity contribution in [3.8, 4) is 0 Å². The average Bonchev–Trinajstić information content (AvgIpc) is 2.39. The van der Waals surface area contributed by atoms with Gasteiger partial charge in [-0.15, -0.1) is 0 Å². The summed E-state index contributed by atoms with van der Waals surface area (Å²) in [4.78, 5) is 13.2. The highest BCUT2D eigenvalue weighted by atomic mass is 32.2. The van der Waals surface area contributed by atoms with E-state index >= 15 is 0 Å². The van der Waals surface area contributed by atoms with Crippen LogP contribution in [-0.4, -0.2) is 41.4 Å². The second-order valence-electron chi connectivity index (χ2n) is 4.08. The van der Waals surface area contributed by atoms with Crippen molar-refractivity contribution in [1.82, 2.24) is 4.90 Å². The summed E-state index contributed by atoms with van der Waals surface area (Å²) in [6.07, 6.45) is 0. The number of carbonyl (C=O) groups is 1. The van der Waals surface area contributed by atoms with Crippen molar-refractivity contribution in [1.29, 1.82) is 0 Å². The van der Waals surface area contributed by atoms with Crippen LogP contribution in [0.4, 0.5) is 0 Å². The molecule has 1 aromatic carbocycles. The zero-order valence-electron chi connectivity index (χ0n) is 11.1. The number of hydrogen-bond acceptors (Lipinski definition) is 3. The van der Waals surface area contributed by atoms with Gasteiger partial charge in [-0.1, -0.05) is 26.0 Å². The Morgan fingerprint density at radius 2 is 2.06 bits per heavy atom. The normalized spacial score (nSPS) is 10.8. The lowest BCUT2D eigenvalue weighted by atomic mass is 10.1. The van der Waals surface area contributed by atoms with Crippen molar-refractivity contribution >= 4 is 17.7 Å². The number of carboxylic acid groups (broad SMARTS) is 1. The quantitative estimate of drug-likeness (QED) is 0.735. The van der Waals surface area contributed by atoms with Gasteiger partial charge in [0.1, 0.15) is 0 Å². The Bertz CT molecular complexity index is 378. The molecule has 0 radical (unpaired) electrons. The van der Waals surface area contributed by atoms with Crippen molar-refractivity contribution < 1.29 is 9.90 Å². The van der Waals surface area contributed by atoms with Gasteiger partial charge in [0.25, 0.3) is 0 Å². The van der Waals surface area contributed by atoms with E-state index in [0.29, 0.717) is 5.56 Å². The minimum absolute atomic E-state index is 0.372. The molecule has 0 saturated heterocycles. The summed E-state index contributed by atoms with van der Waals surface area (Å²) in [5.74, 6) is 1.10. The molecule has 0 atom stereocenters. The van der Waals surface area contributed by atoms with Gasteiger partial charge in [0.05, 0.1) is 5.56 Å². The molecule has 0 aliphatic heterocycles. The first-order valence-corrected chi connectivity index (χ1v) is 7.45. The molecule has 0 amide bonds. The average molecular weight is 267 g/mol. The minimum Gasteiger partial charge on any atom is -0.478 e. The van der Waals surface area contributed by atoms with E-state index in [-0.39, 0.29) is 0 Å². The number of hydrogen-bond donors (Lipinski definition) is 1. The van der Waals surface area contributed by atoms with Crippen LogP contribution < -0.4 is 0 Å². The highest BCUT2D eigenvalue weighted by Crippen LogP contribution is 2.14. The topological polar surface area (TPSA) is 40.5 Å². The van der Waals surface area contributed by atoms with E-state index in [2.05, 4.69) is 18.7 Å². The van der Waals surface area contributed by atoms with Gasteiger partial charge in [-0.2, -0.15) is 11.8 Å². The van der Waals surface area contributed by atoms with Crippen LogP contribution >= 0.6 is 11.8 Å². The Kier molecular flexibility index (Phi) is 6.83. The maximum absolute atomic E-state index is 10.8. The molecule has 0 spiro atoms. The molecule has 100 valence electrons. The standard InChI is InChI=1S/C14H21NO2S/c1-3-15(4-2)8-9-18-11-12-6-5-7-13(10-12)14(16)17/h5-7,10H,3-4,8-9,11H2,1-2H3,(H,16,17). The highest BCUT2D eigenvalue weighted by Gasteiger charge is 2.03. The van der Waals surface area contributed by atoms with Gasteiger partial charge in [0, 0.05) is 18.1 Å². The fourth-order valence-electron chi connectivity index (χ4n) is 1.72. The predicted octanol–water partition coefficient (Wildman–Crippen LogP) is 2.96. The fourth-order valence-corrected chi connectivity index (χ4v) is 2.66. The molecule has 0 saturated carbocycles. The summed E-state index contributed by atoms with van der Waals surface area (Å²) < 4.78 is 0. The zero-order valence-corrected chi connectivity index (χ0v) is 11.9. The predicted molar refractivity (Wildman–Crippen MR) is 77.4 cm³/mol. The van der Waals surface area contributed by atoms with Crippen LogP contribution in [0.5, 0.6) is 0 Å². The van der Waals surface area contributed by atoms with E-state index in [9.17, 15) is 4.79 Å². The summed E-state index contributed by atoms with van der Waals surface area (Å²) in [6.45, 7) is 7.61. The van der Waals surface area contributed by atoms with E-state index in [1.54, 1.807) is 12.1 Å². The van der Waals surface area contributed by atoms with E-state index in [4.69, 9.17) is 5.11 Å². The lowest BCUT2D eigenvalue weighted by molar-refractivity contribution is 0.0697. The maximum atomic E-state index is 10.8. The van der Waals surface area contributed by atoms with Gasteiger partial charge >= 0.3 is 5.97 Å². The fraction of sp³-hybridized carbons (Fsp3) is 0.500. The third-order valence-electron chi connectivity index (χ3n) is 2.89. The molecule has 3 nitrogen and oxygen atoms in total. The molecule has 1 aromatic rings. The second kappa shape index (κ2) is 8.16. The van der Waals surface area contributed by atoms with Gasteiger partial charge in [0.2, 0.25) is 0 Å². The van der Waals surface area contributed by atoms with Crippen LogP contribution in [0.25, 0.3) is 0 Å². The van der Waals surface area contributed by atoms with Gasteiger partial charge in [-0.25, -0.2) is 4.79 Å². The first kappa shape index (κ1) is 15.1. The first-order valence-electron chi connectivity index (χ1n) is 6.29. The smallest absolute Gasteiger partial charge is 0.335 e. The van der Waals surface area contributed by atoms with Gasteiger partial charge in [-0.3, -0.25) is 0 Å². The molecule has 0 bridgehead atoms. The third-order valence-corrected chi connectivity index (χ3v) is 3.90. The molecule has 4 heteroatoms. The lowest BCUT2D eigenvalue weighted by Crippen LogP contribution is -2.25. The SMILES string of the molecule is CCN(CC)CCSCc1cccc(C(=O)O)c1. The zero-order chi connectivity index (χ0) is 13.4.